The Morgan fingerprint density at radius 2 is 1.62 bits per heavy atom. The summed E-state index contributed by atoms with van der Waals surface area (Å²) >= 11 is 0. The Kier molecular flexibility index (Phi) is 12.0. The molecule has 1 unspecified atom stereocenters. The second kappa shape index (κ2) is 18.7. The molecule has 0 aliphatic carbocycles. The minimum atomic E-state index is -2.78. The van der Waals surface area contributed by atoms with Crippen LogP contribution >= 0.6 is 0 Å². The number of anilines is 3. The molecular weight excluding hydrogens is 927 g/mol. The number of alkyl halides is 2. The van der Waals surface area contributed by atoms with Crippen LogP contribution in [0.5, 0.6) is 5.75 Å². The highest BCUT2D eigenvalue weighted by molar-refractivity contribution is 6.23. The van der Waals surface area contributed by atoms with Gasteiger partial charge in [0.25, 0.3) is 18.2 Å². The number of aromatic nitrogens is 4. The van der Waals surface area contributed by atoms with Gasteiger partial charge in [-0.25, -0.2) is 13.8 Å². The van der Waals surface area contributed by atoms with E-state index in [4.69, 9.17) is 14.6 Å². The van der Waals surface area contributed by atoms with Gasteiger partial charge in [-0.2, -0.15) is 5.10 Å². The Morgan fingerprint density at radius 1 is 0.833 bits per heavy atom. The first-order valence-corrected chi connectivity index (χ1v) is 25.6. The van der Waals surface area contributed by atoms with Gasteiger partial charge in [0.2, 0.25) is 17.7 Å². The fraction of sp³-hybridized carbons (Fsp3) is 0.491. The first-order chi connectivity index (χ1) is 35.0. The molecule has 1 N–H and O–H groups in total. The lowest BCUT2D eigenvalue weighted by molar-refractivity contribution is -0.136. The number of likely N-dealkylation sites (tertiary alicyclic amines) is 1. The van der Waals surface area contributed by atoms with E-state index in [1.165, 1.54) is 0 Å². The van der Waals surface area contributed by atoms with Crippen LogP contribution in [0, 0.1) is 5.92 Å². The molecule has 0 saturated carbocycles. The van der Waals surface area contributed by atoms with Gasteiger partial charge in [-0.15, -0.1) is 0 Å². The molecule has 5 amide bonds. The van der Waals surface area contributed by atoms with E-state index in [-0.39, 0.29) is 47.4 Å². The highest BCUT2D eigenvalue weighted by atomic mass is 19.3. The summed E-state index contributed by atoms with van der Waals surface area (Å²) in [6.45, 7) is 8.92. The molecule has 3 aromatic heterocycles. The van der Waals surface area contributed by atoms with E-state index in [0.29, 0.717) is 80.3 Å². The zero-order valence-electron chi connectivity index (χ0n) is 40.4. The topological polar surface area (TPSA) is 167 Å². The van der Waals surface area contributed by atoms with Gasteiger partial charge in [0, 0.05) is 100 Å². The standard InChI is InChI=1S/C53H58F2N10O7/c1-31(66)61-18-10-43-42(30-61)50(58-65(43)34-11-21-71-22-12-34)63-20-23-72-46-26-37(39(49(54)55)25-45(46)63)38-27-47-56-13-19-62(47)29-41(38)33-8-14-59(15-9-33)28-32-6-16-60(17-7-32)35-2-3-36-40(24-35)53(70)64(52(36)69)44-4-5-48(67)57-51(44)68/h2-3,13,19,24-27,29,32-34,44,49H,4-12,14-18,20-23,28,30H2,1H3,(H,57,67,68). The molecule has 376 valence electrons. The zero-order valence-corrected chi connectivity index (χ0v) is 40.4. The van der Waals surface area contributed by atoms with Crippen LogP contribution < -0.4 is 19.9 Å². The summed E-state index contributed by atoms with van der Waals surface area (Å²) in [5.74, 6) is -0.268. The SMILES string of the molecule is CC(=O)N1CCc2c(c(N3CCOc4cc(-c5cc6nccn6cc5C5CCN(CC6CCN(c7ccc8c(c7)C(=O)N(C7CCC(=O)NC7=O)C8=O)CC6)CC5)c(C(F)F)cc43)nn2C2CCOCC2)C1. The van der Waals surface area contributed by atoms with E-state index in [1.807, 2.05) is 32.5 Å². The van der Waals surface area contributed by atoms with Crippen molar-refractivity contribution in [1.29, 1.82) is 0 Å². The number of rotatable bonds is 9. The van der Waals surface area contributed by atoms with Crippen LogP contribution in [0.15, 0.2) is 55.0 Å². The van der Waals surface area contributed by atoms with Gasteiger partial charge in [-0.05, 0) is 123 Å². The molecule has 7 aliphatic rings. The predicted molar refractivity (Wildman–Crippen MR) is 261 cm³/mol. The zero-order chi connectivity index (χ0) is 49.4. The van der Waals surface area contributed by atoms with Crippen LogP contribution in [0.2, 0.25) is 0 Å². The van der Waals surface area contributed by atoms with Crippen molar-refractivity contribution in [3.05, 3.63) is 88.5 Å². The molecule has 0 bridgehead atoms. The number of imide groups is 2. The summed E-state index contributed by atoms with van der Waals surface area (Å²) in [5.41, 5.74) is 6.78. The Bertz CT molecular complexity index is 3010. The van der Waals surface area contributed by atoms with Crippen LogP contribution in [-0.4, -0.2) is 135 Å². The Hall–Kier alpha value is -6.73. The fourth-order valence-corrected chi connectivity index (χ4v) is 12.4. The second-order valence-corrected chi connectivity index (χ2v) is 20.5. The van der Waals surface area contributed by atoms with E-state index in [2.05, 4.69) is 31.0 Å². The number of halogens is 2. The number of benzene rings is 2. The van der Waals surface area contributed by atoms with Crippen molar-refractivity contribution in [2.24, 2.45) is 5.92 Å². The monoisotopic (exact) mass is 984 g/mol. The lowest BCUT2D eigenvalue weighted by atomic mass is 9.84. The number of carbonyl (C=O) groups excluding carboxylic acids is 5. The highest BCUT2D eigenvalue weighted by Gasteiger charge is 2.45. The number of pyridine rings is 1. The third-order valence-electron chi connectivity index (χ3n) is 16.3. The van der Waals surface area contributed by atoms with Gasteiger partial charge in [-0.3, -0.25) is 38.9 Å². The van der Waals surface area contributed by atoms with E-state index in [1.54, 1.807) is 37.4 Å². The van der Waals surface area contributed by atoms with Gasteiger partial charge in [-0.1, -0.05) is 0 Å². The molecule has 1 atom stereocenters. The minimum absolute atomic E-state index is 0.00979. The lowest BCUT2D eigenvalue weighted by Gasteiger charge is -2.39. The molecule has 2 aromatic carbocycles. The van der Waals surface area contributed by atoms with Gasteiger partial charge in [0.15, 0.2) is 5.82 Å². The summed E-state index contributed by atoms with van der Waals surface area (Å²) in [4.78, 5) is 77.9. The minimum Gasteiger partial charge on any atom is -0.490 e. The molecule has 17 nitrogen and oxygen atoms in total. The summed E-state index contributed by atoms with van der Waals surface area (Å²) < 4.78 is 47.5. The largest absolute Gasteiger partial charge is 0.490 e. The van der Waals surface area contributed by atoms with Crippen molar-refractivity contribution in [1.82, 2.24) is 39.2 Å². The summed E-state index contributed by atoms with van der Waals surface area (Å²) in [7, 11) is 0. The van der Waals surface area contributed by atoms with Crippen LogP contribution in [0.1, 0.15) is 120 Å². The number of hydrogen-bond acceptors (Lipinski definition) is 12. The van der Waals surface area contributed by atoms with Gasteiger partial charge < -0.3 is 33.5 Å². The first kappa shape index (κ1) is 46.3. The van der Waals surface area contributed by atoms with Crippen molar-refractivity contribution >= 4 is 52.4 Å². The maximum absolute atomic E-state index is 15.7. The number of nitrogens with zero attached hydrogens (tertiary/aromatic N) is 9. The molecule has 5 aromatic rings. The maximum Gasteiger partial charge on any atom is 0.264 e. The number of ether oxygens (including phenoxy) is 2. The molecular formula is C53H58F2N10O7. The van der Waals surface area contributed by atoms with E-state index >= 15 is 8.78 Å². The number of piperidine rings is 3. The van der Waals surface area contributed by atoms with Crippen molar-refractivity contribution in [2.45, 2.75) is 95.7 Å². The van der Waals surface area contributed by atoms with Crippen molar-refractivity contribution < 1.29 is 42.2 Å². The number of hydrogen-bond donors (Lipinski definition) is 1. The Morgan fingerprint density at radius 3 is 2.39 bits per heavy atom. The highest BCUT2D eigenvalue weighted by Crippen LogP contribution is 2.48. The average molecular weight is 985 g/mol. The van der Waals surface area contributed by atoms with Crippen LogP contribution in [0.3, 0.4) is 0 Å². The van der Waals surface area contributed by atoms with Crippen molar-refractivity contribution in [3.8, 4) is 16.9 Å². The number of fused-ring (bicyclic) bond motifs is 4. The number of amides is 5. The third-order valence-corrected chi connectivity index (χ3v) is 16.3. The number of nitrogens with one attached hydrogen (secondary N) is 1. The van der Waals surface area contributed by atoms with Crippen molar-refractivity contribution in [2.75, 3.05) is 75.4 Å². The average Bonchev–Trinajstić information content (AvgIpc) is 4.09. The predicted octanol–water partition coefficient (Wildman–Crippen LogP) is 6.42. The fourth-order valence-electron chi connectivity index (χ4n) is 12.4. The van der Waals surface area contributed by atoms with Crippen LogP contribution in [0.4, 0.5) is 26.0 Å². The molecule has 10 heterocycles. The summed E-state index contributed by atoms with van der Waals surface area (Å²) in [6.07, 6.45) is 9.07. The molecule has 12 rings (SSSR count). The molecule has 4 fully saturated rings. The lowest BCUT2D eigenvalue weighted by Crippen LogP contribution is -2.54. The molecule has 4 saturated heterocycles. The van der Waals surface area contributed by atoms with Crippen molar-refractivity contribution in [3.63, 3.8) is 0 Å². The first-order valence-electron chi connectivity index (χ1n) is 25.6. The molecule has 0 radical (unpaired) electrons. The van der Waals surface area contributed by atoms with E-state index in [0.717, 1.165) is 104 Å². The van der Waals surface area contributed by atoms with Crippen LogP contribution in [0.25, 0.3) is 16.8 Å². The van der Waals surface area contributed by atoms with Gasteiger partial charge in [0.05, 0.1) is 35.9 Å². The second-order valence-electron chi connectivity index (χ2n) is 20.5. The van der Waals surface area contributed by atoms with E-state index < -0.39 is 36.1 Å². The summed E-state index contributed by atoms with van der Waals surface area (Å²) in [6, 6.07) is 9.79. The van der Waals surface area contributed by atoms with Gasteiger partial charge >= 0.3 is 0 Å². The number of imidazole rings is 1. The normalized spacial score (nSPS) is 21.6. The van der Waals surface area contributed by atoms with Crippen LogP contribution in [-0.2, 0) is 32.1 Å². The molecule has 19 heteroatoms. The van der Waals surface area contributed by atoms with Gasteiger partial charge in [0.1, 0.15) is 24.0 Å². The Labute approximate surface area is 415 Å². The molecule has 0 spiro atoms. The molecule has 72 heavy (non-hydrogen) atoms. The third kappa shape index (κ3) is 8.27. The Balaban J connectivity index is 0.750. The smallest absolute Gasteiger partial charge is 0.264 e. The maximum atomic E-state index is 15.7. The molecule has 7 aliphatic heterocycles. The summed E-state index contributed by atoms with van der Waals surface area (Å²) in [5, 5.41) is 7.48. The number of carbonyl (C=O) groups is 5. The quantitative estimate of drug-likeness (QED) is 0.161. The van der Waals surface area contributed by atoms with E-state index in [9.17, 15) is 24.0 Å².